The number of carbonyl (C=O) groups is 2. The van der Waals surface area contributed by atoms with Gasteiger partial charge in [0.25, 0.3) is 0 Å². The Bertz CT molecular complexity index is 2000. The minimum absolute atomic E-state index is 0.00330. The predicted molar refractivity (Wildman–Crippen MR) is 225 cm³/mol. The number of rotatable bonds is 12. The van der Waals surface area contributed by atoms with E-state index in [0.29, 0.717) is 40.2 Å². The molecule has 0 spiro atoms. The van der Waals surface area contributed by atoms with Gasteiger partial charge < -0.3 is 27.8 Å². The molecule has 4 aromatic rings. The standard InChI is InChI=1S/C45H58O8Si2/c1-14-18-35(46)48-39-37(31-21-25-33(26-22-31)52-54(10,11)43(2,3)4)41-42(51-45(8,9)50-41)38(40(39)49-36(47)29-30-19-16-15-17-20-30)32-23-27-34(28-24-32)53-55(12,13)44(5,6)7/h15-17,19-28H,14,18,29H2,1-13H3. The molecule has 0 N–H and O–H groups in total. The summed E-state index contributed by atoms with van der Waals surface area (Å²) in [5, 5.41) is 0.0128. The van der Waals surface area contributed by atoms with E-state index < -0.39 is 34.4 Å². The number of carbonyl (C=O) groups excluding carboxylic acids is 2. The quantitative estimate of drug-likeness (QED) is 0.0797. The molecule has 0 atom stereocenters. The van der Waals surface area contributed by atoms with E-state index >= 15 is 0 Å². The molecule has 0 aromatic heterocycles. The van der Waals surface area contributed by atoms with Crippen molar-refractivity contribution in [1.29, 1.82) is 0 Å². The Kier molecular flexibility index (Phi) is 11.8. The SMILES string of the molecule is CCCC(=O)Oc1c(OC(=O)Cc2ccccc2)c(-c2ccc(O[Si](C)(C)C(C)(C)C)cc2)c2c(c1-c1ccc(O[Si](C)(C)C(C)(C)C)cc1)OC(C)(C)O2. The molecule has 1 aliphatic heterocycles. The highest BCUT2D eigenvalue weighted by atomic mass is 28.4. The number of benzene rings is 4. The summed E-state index contributed by atoms with van der Waals surface area (Å²) in [6.07, 6.45) is 0.721. The van der Waals surface area contributed by atoms with Gasteiger partial charge in [0.05, 0.1) is 17.5 Å². The minimum Gasteiger partial charge on any atom is -0.544 e. The summed E-state index contributed by atoms with van der Waals surface area (Å²) in [7, 11) is -4.26. The van der Waals surface area contributed by atoms with Crippen molar-refractivity contribution < 1.29 is 37.4 Å². The monoisotopic (exact) mass is 782 g/mol. The van der Waals surface area contributed by atoms with Crippen LogP contribution in [0.25, 0.3) is 22.3 Å². The van der Waals surface area contributed by atoms with Crippen LogP contribution in [0, 0.1) is 0 Å². The fraction of sp³-hybridized carbons (Fsp3) is 0.422. The van der Waals surface area contributed by atoms with E-state index in [1.54, 1.807) is 0 Å². The third-order valence-corrected chi connectivity index (χ3v) is 19.5. The first kappa shape index (κ1) is 41.6. The summed E-state index contributed by atoms with van der Waals surface area (Å²) in [5.41, 5.74) is 2.99. The lowest BCUT2D eigenvalue weighted by molar-refractivity contribution is -0.136. The van der Waals surface area contributed by atoms with Crippen LogP contribution in [0.3, 0.4) is 0 Å². The molecule has 0 amide bonds. The van der Waals surface area contributed by atoms with Gasteiger partial charge in [0, 0.05) is 20.3 Å². The molecule has 0 aliphatic carbocycles. The van der Waals surface area contributed by atoms with Crippen molar-refractivity contribution in [3.05, 3.63) is 84.4 Å². The van der Waals surface area contributed by atoms with Gasteiger partial charge in [0.1, 0.15) is 11.5 Å². The van der Waals surface area contributed by atoms with Crippen LogP contribution in [-0.2, 0) is 16.0 Å². The van der Waals surface area contributed by atoms with Crippen LogP contribution >= 0.6 is 0 Å². The van der Waals surface area contributed by atoms with Crippen molar-refractivity contribution >= 4 is 28.6 Å². The molecule has 0 radical (unpaired) electrons. The highest BCUT2D eigenvalue weighted by Gasteiger charge is 2.43. The Labute approximate surface area is 329 Å². The molecular weight excluding hydrogens is 725 g/mol. The molecule has 0 unspecified atom stereocenters. The summed E-state index contributed by atoms with van der Waals surface area (Å²) in [4.78, 5) is 27.4. The van der Waals surface area contributed by atoms with E-state index in [2.05, 4.69) is 67.7 Å². The highest BCUT2D eigenvalue weighted by Crippen LogP contribution is 2.61. The first-order valence-corrected chi connectivity index (χ1v) is 25.0. The molecule has 8 nitrogen and oxygen atoms in total. The molecule has 294 valence electrons. The number of ether oxygens (including phenoxy) is 4. The fourth-order valence-corrected chi connectivity index (χ4v) is 7.71. The van der Waals surface area contributed by atoms with Crippen molar-refractivity contribution in [1.82, 2.24) is 0 Å². The Morgan fingerprint density at radius 1 is 0.618 bits per heavy atom. The number of esters is 2. The second kappa shape index (κ2) is 15.5. The number of hydrogen-bond donors (Lipinski definition) is 0. The first-order valence-electron chi connectivity index (χ1n) is 19.2. The molecule has 5 rings (SSSR count). The molecule has 0 bridgehead atoms. The van der Waals surface area contributed by atoms with Gasteiger partial charge in [-0.05, 0) is 83.6 Å². The number of fused-ring (bicyclic) bond motifs is 1. The van der Waals surface area contributed by atoms with Gasteiger partial charge >= 0.3 is 11.9 Å². The van der Waals surface area contributed by atoms with Crippen molar-refractivity contribution in [2.45, 2.75) is 124 Å². The van der Waals surface area contributed by atoms with Gasteiger partial charge in [0.15, 0.2) is 23.0 Å². The zero-order valence-corrected chi connectivity index (χ0v) is 36.9. The Balaban J connectivity index is 1.75. The third kappa shape index (κ3) is 9.47. The van der Waals surface area contributed by atoms with Crippen molar-refractivity contribution in [3.63, 3.8) is 0 Å². The normalized spacial score (nSPS) is 14.0. The second-order valence-electron chi connectivity index (χ2n) is 17.8. The lowest BCUT2D eigenvalue weighted by Crippen LogP contribution is -2.43. The molecule has 1 heterocycles. The Morgan fingerprint density at radius 2 is 1.02 bits per heavy atom. The second-order valence-corrected chi connectivity index (χ2v) is 27.3. The summed E-state index contributed by atoms with van der Waals surface area (Å²) in [6, 6.07) is 24.7. The van der Waals surface area contributed by atoms with Crippen molar-refractivity contribution in [2.75, 3.05) is 0 Å². The van der Waals surface area contributed by atoms with Gasteiger partial charge in [-0.2, -0.15) is 0 Å². The minimum atomic E-state index is -2.13. The number of hydrogen-bond acceptors (Lipinski definition) is 8. The van der Waals surface area contributed by atoms with E-state index in [1.165, 1.54) is 0 Å². The lowest BCUT2D eigenvalue weighted by atomic mass is 9.95. The maximum atomic E-state index is 13.9. The predicted octanol–water partition coefficient (Wildman–Crippen LogP) is 12.1. The van der Waals surface area contributed by atoms with Crippen LogP contribution in [0.1, 0.15) is 80.7 Å². The molecule has 1 aliphatic rings. The summed E-state index contributed by atoms with van der Waals surface area (Å²) < 4.78 is 39.0. The van der Waals surface area contributed by atoms with E-state index in [4.69, 9.17) is 27.8 Å². The van der Waals surface area contributed by atoms with Crippen molar-refractivity contribution in [3.8, 4) is 56.8 Å². The maximum Gasteiger partial charge on any atom is 0.315 e. The topological polar surface area (TPSA) is 89.5 Å². The fourth-order valence-electron chi connectivity index (χ4n) is 5.64. The molecule has 0 saturated carbocycles. The smallest absolute Gasteiger partial charge is 0.315 e. The highest BCUT2D eigenvalue weighted by molar-refractivity contribution is 6.75. The maximum absolute atomic E-state index is 13.9. The van der Waals surface area contributed by atoms with Crippen LogP contribution in [0.15, 0.2) is 78.9 Å². The Morgan fingerprint density at radius 3 is 1.40 bits per heavy atom. The van der Waals surface area contributed by atoms with E-state index in [0.717, 1.165) is 17.1 Å². The van der Waals surface area contributed by atoms with Gasteiger partial charge in [0.2, 0.25) is 22.4 Å². The molecule has 4 aromatic carbocycles. The Hall–Kier alpha value is -4.55. The molecule has 55 heavy (non-hydrogen) atoms. The van der Waals surface area contributed by atoms with Gasteiger partial charge in [-0.1, -0.05) is 103 Å². The summed E-state index contributed by atoms with van der Waals surface area (Å²) >= 11 is 0. The van der Waals surface area contributed by atoms with Gasteiger partial charge in [-0.15, -0.1) is 0 Å². The van der Waals surface area contributed by atoms with Crippen molar-refractivity contribution in [2.24, 2.45) is 0 Å². The van der Waals surface area contributed by atoms with E-state index in [9.17, 15) is 9.59 Å². The molecule has 0 saturated heterocycles. The average Bonchev–Trinajstić information content (AvgIpc) is 3.39. The average molecular weight is 783 g/mol. The summed E-state index contributed by atoms with van der Waals surface area (Å²) in [6.45, 7) is 27.5. The lowest BCUT2D eigenvalue weighted by Gasteiger charge is -2.36. The molecule has 10 heteroatoms. The van der Waals surface area contributed by atoms with Crippen LogP contribution < -0.4 is 27.8 Å². The van der Waals surface area contributed by atoms with Crippen LogP contribution in [-0.4, -0.2) is 34.4 Å². The summed E-state index contributed by atoms with van der Waals surface area (Å²) in [5.74, 6) is 0.275. The van der Waals surface area contributed by atoms with Gasteiger partial charge in [-0.25, -0.2) is 0 Å². The van der Waals surface area contributed by atoms with Gasteiger partial charge in [-0.3, -0.25) is 9.59 Å². The largest absolute Gasteiger partial charge is 0.544 e. The van der Waals surface area contributed by atoms with E-state index in [1.807, 2.05) is 99.6 Å². The van der Waals surface area contributed by atoms with E-state index in [-0.39, 0.29) is 34.4 Å². The zero-order valence-electron chi connectivity index (χ0n) is 34.9. The first-order chi connectivity index (χ1) is 25.5. The van der Waals surface area contributed by atoms with Crippen LogP contribution in [0.2, 0.25) is 36.3 Å². The zero-order chi connectivity index (χ0) is 40.6. The molecule has 0 fully saturated rings. The van der Waals surface area contributed by atoms with Crippen LogP contribution in [0.5, 0.6) is 34.5 Å². The third-order valence-electron chi connectivity index (χ3n) is 10.7. The molecular formula is C45H58O8Si2. The van der Waals surface area contributed by atoms with Crippen LogP contribution in [0.4, 0.5) is 0 Å².